The van der Waals surface area contributed by atoms with Gasteiger partial charge in [-0.1, -0.05) is 11.6 Å². The Morgan fingerprint density at radius 2 is 2.13 bits per heavy atom. The molecule has 1 aliphatic carbocycles. The first kappa shape index (κ1) is 21.5. The number of aromatic nitrogens is 4. The van der Waals surface area contributed by atoms with Crippen molar-refractivity contribution in [3.63, 3.8) is 0 Å². The molecule has 4 rings (SSSR count). The maximum atomic E-state index is 14.6. The Labute approximate surface area is 185 Å². The topological polar surface area (TPSA) is 81.9 Å². The van der Waals surface area contributed by atoms with E-state index in [4.69, 9.17) is 16.3 Å². The number of halogens is 2. The standard InChI is InChI=1S/C22H25ClFN5O2/c1-22(2,3)31-21(30)27-13-6-4-7-14(10-13)29-17-12-26-18(23)11-16(17)28-20(29)19-15(24)8-5-9-25-19/h5,8-9,11-14H,4,6-7,10H2,1-3H3,(H,27,30). The van der Waals surface area contributed by atoms with Crippen molar-refractivity contribution in [1.29, 1.82) is 0 Å². The molecule has 0 spiro atoms. The van der Waals surface area contributed by atoms with Crippen LogP contribution in [0.1, 0.15) is 52.5 Å². The average Bonchev–Trinajstić information content (AvgIpc) is 3.05. The fraction of sp³-hybridized carbons (Fsp3) is 0.455. The maximum Gasteiger partial charge on any atom is 0.407 e. The van der Waals surface area contributed by atoms with Crippen LogP contribution in [0, 0.1) is 5.82 Å². The van der Waals surface area contributed by atoms with Gasteiger partial charge in [0.15, 0.2) is 11.6 Å². The van der Waals surface area contributed by atoms with Gasteiger partial charge in [-0.2, -0.15) is 0 Å². The third-order valence-corrected chi connectivity index (χ3v) is 5.45. The van der Waals surface area contributed by atoms with Crippen LogP contribution in [-0.2, 0) is 4.74 Å². The highest BCUT2D eigenvalue weighted by atomic mass is 35.5. The zero-order valence-electron chi connectivity index (χ0n) is 17.7. The molecule has 0 bridgehead atoms. The van der Waals surface area contributed by atoms with Crippen LogP contribution >= 0.6 is 11.6 Å². The second kappa shape index (κ2) is 8.42. The number of hydrogen-bond acceptors (Lipinski definition) is 5. The molecule has 3 heterocycles. The molecule has 0 radical (unpaired) electrons. The van der Waals surface area contributed by atoms with Crippen molar-refractivity contribution in [2.24, 2.45) is 0 Å². The minimum atomic E-state index is -0.562. The monoisotopic (exact) mass is 445 g/mol. The molecule has 3 aromatic heterocycles. The number of alkyl carbamates (subject to hydrolysis) is 1. The van der Waals surface area contributed by atoms with Crippen LogP contribution in [0.3, 0.4) is 0 Å². The summed E-state index contributed by atoms with van der Waals surface area (Å²) in [5.41, 5.74) is 1.000. The summed E-state index contributed by atoms with van der Waals surface area (Å²) >= 11 is 6.07. The van der Waals surface area contributed by atoms with E-state index in [9.17, 15) is 9.18 Å². The largest absolute Gasteiger partial charge is 0.444 e. The fourth-order valence-corrected chi connectivity index (χ4v) is 4.21. The van der Waals surface area contributed by atoms with E-state index < -0.39 is 17.5 Å². The van der Waals surface area contributed by atoms with Gasteiger partial charge in [0.1, 0.15) is 16.4 Å². The molecule has 2 unspecified atom stereocenters. The molecule has 9 heteroatoms. The summed E-state index contributed by atoms with van der Waals surface area (Å²) in [7, 11) is 0. The number of rotatable bonds is 3. The first-order valence-corrected chi connectivity index (χ1v) is 10.7. The third kappa shape index (κ3) is 4.79. The first-order chi connectivity index (χ1) is 14.7. The number of fused-ring (bicyclic) bond motifs is 1. The molecule has 31 heavy (non-hydrogen) atoms. The van der Waals surface area contributed by atoms with Crippen molar-refractivity contribution in [3.8, 4) is 11.5 Å². The van der Waals surface area contributed by atoms with E-state index in [1.165, 1.54) is 6.07 Å². The van der Waals surface area contributed by atoms with Crippen molar-refractivity contribution in [1.82, 2.24) is 24.8 Å². The minimum absolute atomic E-state index is 0.0157. The lowest BCUT2D eigenvalue weighted by Crippen LogP contribution is -2.41. The number of carbonyl (C=O) groups excluding carboxylic acids is 1. The van der Waals surface area contributed by atoms with E-state index in [2.05, 4.69) is 20.3 Å². The Morgan fingerprint density at radius 3 is 2.87 bits per heavy atom. The smallest absolute Gasteiger partial charge is 0.407 e. The van der Waals surface area contributed by atoms with Gasteiger partial charge < -0.3 is 14.6 Å². The summed E-state index contributed by atoms with van der Waals surface area (Å²) in [5.74, 6) is -0.0163. The molecule has 0 aliphatic heterocycles. The summed E-state index contributed by atoms with van der Waals surface area (Å²) < 4.78 is 22.0. The van der Waals surface area contributed by atoms with Crippen LogP contribution < -0.4 is 5.32 Å². The van der Waals surface area contributed by atoms with Crippen LogP contribution in [0.25, 0.3) is 22.6 Å². The Hall–Kier alpha value is -2.74. The number of pyridine rings is 2. The fourth-order valence-electron chi connectivity index (χ4n) is 4.06. The second-order valence-electron chi connectivity index (χ2n) is 8.80. The lowest BCUT2D eigenvalue weighted by atomic mass is 9.90. The number of ether oxygens (including phenoxy) is 1. The minimum Gasteiger partial charge on any atom is -0.444 e. The van der Waals surface area contributed by atoms with E-state index in [1.54, 1.807) is 24.5 Å². The molecule has 0 aromatic carbocycles. The van der Waals surface area contributed by atoms with Gasteiger partial charge in [-0.05, 0) is 58.6 Å². The van der Waals surface area contributed by atoms with Gasteiger partial charge in [-0.15, -0.1) is 0 Å². The average molecular weight is 446 g/mol. The summed E-state index contributed by atoms with van der Waals surface area (Å²) in [6.45, 7) is 5.50. The quantitative estimate of drug-likeness (QED) is 0.553. The Balaban J connectivity index is 1.69. The van der Waals surface area contributed by atoms with E-state index in [0.717, 1.165) is 24.8 Å². The van der Waals surface area contributed by atoms with Crippen LogP contribution in [-0.4, -0.2) is 37.3 Å². The van der Waals surface area contributed by atoms with Crippen LogP contribution in [0.15, 0.2) is 30.6 Å². The van der Waals surface area contributed by atoms with Gasteiger partial charge in [0.2, 0.25) is 0 Å². The first-order valence-electron chi connectivity index (χ1n) is 10.3. The predicted octanol–water partition coefficient (Wildman–Crippen LogP) is 5.29. The summed E-state index contributed by atoms with van der Waals surface area (Å²) in [4.78, 5) is 25.3. The van der Waals surface area contributed by atoms with Gasteiger partial charge in [0.25, 0.3) is 0 Å². The molecular formula is C22H25ClFN5O2. The number of hydrogen-bond donors (Lipinski definition) is 1. The molecule has 1 saturated carbocycles. The van der Waals surface area contributed by atoms with E-state index in [0.29, 0.717) is 22.9 Å². The molecular weight excluding hydrogens is 421 g/mol. The molecule has 7 nitrogen and oxygen atoms in total. The van der Waals surface area contributed by atoms with Gasteiger partial charge in [0.05, 0.1) is 17.2 Å². The highest BCUT2D eigenvalue weighted by molar-refractivity contribution is 6.29. The molecule has 3 aromatic rings. The normalized spacial score (nSPS) is 19.4. The SMILES string of the molecule is CC(C)(C)OC(=O)NC1CCCC(n2c(-c3ncccc3F)nc3cc(Cl)ncc32)C1. The van der Waals surface area contributed by atoms with Gasteiger partial charge in [0, 0.05) is 24.3 Å². The zero-order valence-corrected chi connectivity index (χ0v) is 18.5. The Kier molecular flexibility index (Phi) is 5.83. The van der Waals surface area contributed by atoms with Gasteiger partial charge in [-0.25, -0.2) is 24.1 Å². The molecule has 1 aliphatic rings. The summed E-state index contributed by atoms with van der Waals surface area (Å²) in [6, 6.07) is 4.50. The number of nitrogens with zero attached hydrogens (tertiary/aromatic N) is 4. The molecule has 164 valence electrons. The molecule has 1 fully saturated rings. The number of carbonyl (C=O) groups is 1. The Bertz CT molecular complexity index is 1110. The number of amides is 1. The van der Waals surface area contributed by atoms with Crippen molar-refractivity contribution in [2.75, 3.05) is 0 Å². The van der Waals surface area contributed by atoms with Crippen molar-refractivity contribution in [2.45, 2.75) is 64.1 Å². The lowest BCUT2D eigenvalue weighted by molar-refractivity contribution is 0.0486. The summed E-state index contributed by atoms with van der Waals surface area (Å²) in [6.07, 6.45) is 6.03. The van der Waals surface area contributed by atoms with E-state index >= 15 is 0 Å². The van der Waals surface area contributed by atoms with Crippen molar-refractivity contribution in [3.05, 3.63) is 41.6 Å². The Morgan fingerprint density at radius 1 is 1.32 bits per heavy atom. The highest BCUT2D eigenvalue weighted by Gasteiger charge is 2.30. The molecule has 1 amide bonds. The maximum absolute atomic E-state index is 14.6. The molecule has 2 atom stereocenters. The van der Waals surface area contributed by atoms with Crippen LogP contribution in [0.2, 0.25) is 5.15 Å². The van der Waals surface area contributed by atoms with Crippen LogP contribution in [0.4, 0.5) is 9.18 Å². The number of imidazole rings is 1. The van der Waals surface area contributed by atoms with Gasteiger partial charge >= 0.3 is 6.09 Å². The summed E-state index contributed by atoms with van der Waals surface area (Å²) in [5, 5.41) is 3.29. The van der Waals surface area contributed by atoms with Crippen molar-refractivity contribution < 1.29 is 13.9 Å². The van der Waals surface area contributed by atoms with Crippen molar-refractivity contribution >= 4 is 28.7 Å². The zero-order chi connectivity index (χ0) is 22.2. The highest BCUT2D eigenvalue weighted by Crippen LogP contribution is 2.36. The molecule has 0 saturated heterocycles. The van der Waals surface area contributed by atoms with Crippen LogP contribution in [0.5, 0.6) is 0 Å². The van der Waals surface area contributed by atoms with Gasteiger partial charge in [-0.3, -0.25) is 0 Å². The van der Waals surface area contributed by atoms with E-state index in [-0.39, 0.29) is 17.8 Å². The predicted molar refractivity (Wildman–Crippen MR) is 116 cm³/mol. The lowest BCUT2D eigenvalue weighted by Gasteiger charge is -2.32. The molecule has 1 N–H and O–H groups in total. The number of nitrogens with one attached hydrogen (secondary N) is 1. The van der Waals surface area contributed by atoms with E-state index in [1.807, 2.05) is 25.3 Å². The third-order valence-electron chi connectivity index (χ3n) is 5.25. The second-order valence-corrected chi connectivity index (χ2v) is 9.19.